The van der Waals surface area contributed by atoms with Crippen LogP contribution in [0.1, 0.15) is 79.8 Å². The number of hydrogen-bond donors (Lipinski definition) is 4. The lowest BCUT2D eigenvalue weighted by atomic mass is 9.86. The van der Waals surface area contributed by atoms with Gasteiger partial charge in [-0.3, -0.25) is 28.8 Å². The third-order valence-corrected chi connectivity index (χ3v) is 11.6. The minimum absolute atomic E-state index is 0.00856. The molecule has 1 aromatic rings. The lowest BCUT2D eigenvalue weighted by Gasteiger charge is -2.38. The molecule has 1 aliphatic carbocycles. The summed E-state index contributed by atoms with van der Waals surface area (Å²) in [5.74, 6) is -4.52. The number of sulfonamides is 1. The number of Topliss-reactive ketones (excluding diaryl/α,β-unsaturated/α-hetero) is 1. The van der Waals surface area contributed by atoms with Gasteiger partial charge in [0.2, 0.25) is 39.4 Å². The van der Waals surface area contributed by atoms with Crippen molar-refractivity contribution in [1.82, 2.24) is 30.5 Å². The second-order valence-electron chi connectivity index (χ2n) is 15.4. The van der Waals surface area contributed by atoms with E-state index < -0.39 is 80.8 Å². The van der Waals surface area contributed by atoms with E-state index in [1.54, 1.807) is 72.1 Å². The molecule has 1 saturated carbocycles. The van der Waals surface area contributed by atoms with E-state index >= 15 is 0 Å². The standard InChI is InChI=1S/C35H54N6O8S/c1-11-15-23(28(43)31(45)36-18-24(42)38-26(32(46)40(9)10)21-16-13-12-14-17-21)37-30(44)27-25-22(35(25,7)8)19-41(27)33(47)29(34(4,5)6)39-50(48,49)20(2)3/h12-14,16-17,20,22-23,25-27,29,39H,11,15,18-19H2,1-10H3,(H,36,45)(H,37,44)(H,38,42)/t22-,23+,25-,26-,27-,29+/m0/s1. The molecule has 3 rings (SSSR count). The lowest BCUT2D eigenvalue weighted by Crippen LogP contribution is -2.61. The van der Waals surface area contributed by atoms with Crippen LogP contribution < -0.4 is 20.7 Å². The maximum Gasteiger partial charge on any atom is 0.290 e. The summed E-state index contributed by atoms with van der Waals surface area (Å²) in [5.41, 5.74) is -0.554. The molecular weight excluding hydrogens is 664 g/mol. The Balaban J connectivity index is 1.75. The van der Waals surface area contributed by atoms with Crippen LogP contribution in [-0.4, -0.2) is 104 Å². The van der Waals surface area contributed by atoms with E-state index in [9.17, 15) is 37.2 Å². The molecule has 50 heavy (non-hydrogen) atoms. The van der Waals surface area contributed by atoms with Crippen molar-refractivity contribution in [2.45, 2.75) is 97.6 Å². The number of fused-ring (bicyclic) bond motifs is 1. The summed E-state index contributed by atoms with van der Waals surface area (Å²) < 4.78 is 28.2. The Labute approximate surface area is 295 Å². The molecule has 6 atom stereocenters. The monoisotopic (exact) mass is 718 g/mol. The van der Waals surface area contributed by atoms with Gasteiger partial charge in [0.15, 0.2) is 0 Å². The van der Waals surface area contributed by atoms with E-state index in [-0.39, 0.29) is 36.1 Å². The number of rotatable bonds is 15. The second-order valence-corrected chi connectivity index (χ2v) is 17.7. The highest BCUT2D eigenvalue weighted by molar-refractivity contribution is 7.90. The van der Waals surface area contributed by atoms with E-state index in [0.29, 0.717) is 12.0 Å². The summed E-state index contributed by atoms with van der Waals surface area (Å²) in [6.07, 6.45) is 0.554. The molecule has 1 saturated heterocycles. The number of likely N-dealkylation sites (N-methyl/N-ethyl adjacent to an activating group) is 1. The highest BCUT2D eigenvalue weighted by atomic mass is 32.2. The predicted molar refractivity (Wildman–Crippen MR) is 188 cm³/mol. The number of ketones is 1. The first-order valence-corrected chi connectivity index (χ1v) is 18.6. The third kappa shape index (κ3) is 9.08. The van der Waals surface area contributed by atoms with Gasteiger partial charge in [-0.25, -0.2) is 13.1 Å². The smallest absolute Gasteiger partial charge is 0.290 e. The zero-order valence-electron chi connectivity index (χ0n) is 30.8. The number of carbonyl (C=O) groups is 6. The van der Waals surface area contributed by atoms with E-state index in [1.807, 2.05) is 13.8 Å². The van der Waals surface area contributed by atoms with Crippen molar-refractivity contribution in [3.05, 3.63) is 35.9 Å². The summed E-state index contributed by atoms with van der Waals surface area (Å²) in [5, 5.41) is 6.82. The van der Waals surface area contributed by atoms with Crippen LogP contribution in [0.15, 0.2) is 30.3 Å². The van der Waals surface area contributed by atoms with Gasteiger partial charge in [-0.2, -0.15) is 0 Å². The number of nitrogens with zero attached hydrogens (tertiary/aromatic N) is 2. The zero-order chi connectivity index (χ0) is 37.9. The molecule has 0 spiro atoms. The van der Waals surface area contributed by atoms with Gasteiger partial charge in [0, 0.05) is 20.6 Å². The maximum absolute atomic E-state index is 14.1. The number of likely N-dealkylation sites (tertiary alicyclic amines) is 1. The summed E-state index contributed by atoms with van der Waals surface area (Å²) in [7, 11) is -0.739. The SMILES string of the molecule is CCC[C@@H](NC(=O)[C@@H]1[C@@H]2[C@H](CN1C(=O)[C@@H](NS(=O)(=O)C(C)C)C(C)(C)C)C2(C)C)C(=O)C(=O)NCC(=O)N[C@H](C(=O)N(C)C)c1ccccc1. The van der Waals surface area contributed by atoms with Gasteiger partial charge in [-0.15, -0.1) is 0 Å². The van der Waals surface area contributed by atoms with Crippen LogP contribution in [0.3, 0.4) is 0 Å². The van der Waals surface area contributed by atoms with Gasteiger partial charge >= 0.3 is 0 Å². The molecule has 0 radical (unpaired) electrons. The summed E-state index contributed by atoms with van der Waals surface area (Å²) >= 11 is 0. The molecule has 1 aliphatic heterocycles. The number of piperidine rings is 1. The van der Waals surface area contributed by atoms with E-state index in [0.717, 1.165) is 0 Å². The first-order chi connectivity index (χ1) is 23.1. The average Bonchev–Trinajstić information content (AvgIpc) is 3.33. The maximum atomic E-state index is 14.1. The van der Waals surface area contributed by atoms with Crippen molar-refractivity contribution in [1.29, 1.82) is 0 Å². The Kier molecular flexibility index (Phi) is 12.6. The fourth-order valence-corrected chi connectivity index (χ4v) is 7.56. The van der Waals surface area contributed by atoms with Crippen LogP contribution in [0.5, 0.6) is 0 Å². The molecule has 2 fully saturated rings. The fraction of sp³-hybridized carbons (Fsp3) is 0.657. The van der Waals surface area contributed by atoms with Crippen molar-refractivity contribution in [3.8, 4) is 0 Å². The molecule has 0 aromatic heterocycles. The van der Waals surface area contributed by atoms with Crippen LogP contribution in [0.25, 0.3) is 0 Å². The Hall–Kier alpha value is -3.85. The fourth-order valence-electron chi connectivity index (χ4n) is 6.50. The topological polar surface area (TPSA) is 191 Å². The Morgan fingerprint density at radius 2 is 1.60 bits per heavy atom. The molecule has 1 heterocycles. The Morgan fingerprint density at radius 3 is 2.12 bits per heavy atom. The largest absolute Gasteiger partial charge is 0.347 e. The van der Waals surface area contributed by atoms with Gasteiger partial charge in [0.25, 0.3) is 5.91 Å². The average molecular weight is 719 g/mol. The quantitative estimate of drug-likeness (QED) is 0.194. The Bertz CT molecular complexity index is 1570. The first kappa shape index (κ1) is 40.6. The van der Waals surface area contributed by atoms with E-state index in [4.69, 9.17) is 0 Å². The van der Waals surface area contributed by atoms with E-state index in [2.05, 4.69) is 20.7 Å². The molecule has 5 amide bonds. The molecule has 15 heteroatoms. The molecule has 0 unspecified atom stereocenters. The van der Waals surface area contributed by atoms with Gasteiger partial charge in [-0.05, 0) is 48.5 Å². The highest BCUT2D eigenvalue weighted by Crippen LogP contribution is 2.65. The van der Waals surface area contributed by atoms with Gasteiger partial charge < -0.3 is 25.8 Å². The van der Waals surface area contributed by atoms with Crippen LogP contribution >= 0.6 is 0 Å². The predicted octanol–water partition coefficient (Wildman–Crippen LogP) is 1.13. The van der Waals surface area contributed by atoms with Crippen molar-refractivity contribution in [3.63, 3.8) is 0 Å². The summed E-state index contributed by atoms with van der Waals surface area (Å²) in [6, 6.07) is 4.21. The molecular formula is C35H54N6O8S. The minimum atomic E-state index is -3.84. The van der Waals surface area contributed by atoms with Gasteiger partial charge in [-0.1, -0.05) is 78.3 Å². The van der Waals surface area contributed by atoms with Crippen LogP contribution in [0.4, 0.5) is 0 Å². The third-order valence-electron chi connectivity index (χ3n) is 9.75. The molecule has 1 aromatic carbocycles. The zero-order valence-corrected chi connectivity index (χ0v) is 31.6. The number of nitrogens with one attached hydrogen (secondary N) is 4. The normalized spacial score (nSPS) is 21.3. The second kappa shape index (κ2) is 15.6. The lowest BCUT2D eigenvalue weighted by molar-refractivity contribution is -0.145. The van der Waals surface area contributed by atoms with Crippen LogP contribution in [0.2, 0.25) is 0 Å². The number of benzene rings is 1. The van der Waals surface area contributed by atoms with E-state index in [1.165, 1.54) is 23.6 Å². The summed E-state index contributed by atoms with van der Waals surface area (Å²) in [6.45, 7) is 13.7. The molecule has 14 nitrogen and oxygen atoms in total. The number of amides is 5. The number of carbonyl (C=O) groups excluding carboxylic acids is 6. The van der Waals surface area contributed by atoms with Crippen molar-refractivity contribution in [2.24, 2.45) is 22.7 Å². The Morgan fingerprint density at radius 1 is 1.00 bits per heavy atom. The molecule has 0 bridgehead atoms. The van der Waals surface area contributed by atoms with Crippen LogP contribution in [0, 0.1) is 22.7 Å². The molecule has 2 aliphatic rings. The molecule has 278 valence electrons. The highest BCUT2D eigenvalue weighted by Gasteiger charge is 2.70. The summed E-state index contributed by atoms with van der Waals surface area (Å²) in [4.78, 5) is 82.7. The van der Waals surface area contributed by atoms with Crippen LogP contribution in [-0.2, 0) is 38.8 Å². The molecule has 4 N–H and O–H groups in total. The minimum Gasteiger partial charge on any atom is -0.347 e. The first-order valence-electron chi connectivity index (χ1n) is 17.1. The number of hydrogen-bond acceptors (Lipinski definition) is 8. The van der Waals surface area contributed by atoms with Gasteiger partial charge in [0.1, 0.15) is 18.1 Å². The van der Waals surface area contributed by atoms with Crippen molar-refractivity contribution in [2.75, 3.05) is 27.2 Å². The van der Waals surface area contributed by atoms with Crippen molar-refractivity contribution < 1.29 is 37.2 Å². The van der Waals surface area contributed by atoms with Gasteiger partial charge in [0.05, 0.1) is 17.8 Å². The van der Waals surface area contributed by atoms with Crippen molar-refractivity contribution >= 4 is 45.3 Å².